The molecule has 4 heteroatoms. The fourth-order valence-corrected chi connectivity index (χ4v) is 2.68. The Morgan fingerprint density at radius 1 is 1.32 bits per heavy atom. The summed E-state index contributed by atoms with van der Waals surface area (Å²) in [6.45, 7) is 0.733. The van der Waals surface area contributed by atoms with Gasteiger partial charge in [0.1, 0.15) is 5.75 Å². The number of nitrogens with zero attached hydrogens (tertiary/aromatic N) is 1. The molecule has 4 nitrogen and oxygen atoms in total. The van der Waals surface area contributed by atoms with E-state index in [0.29, 0.717) is 12.6 Å². The van der Waals surface area contributed by atoms with Crippen LogP contribution in [-0.2, 0) is 11.3 Å². The van der Waals surface area contributed by atoms with Crippen LogP contribution in [0.5, 0.6) is 5.75 Å². The number of methoxy groups -OCH3 is 1. The highest BCUT2D eigenvalue weighted by molar-refractivity contribution is 5.78. The van der Waals surface area contributed by atoms with E-state index in [2.05, 4.69) is 0 Å². The van der Waals surface area contributed by atoms with Crippen LogP contribution in [0.3, 0.4) is 0 Å². The molecule has 0 radical (unpaired) electrons. The Morgan fingerprint density at radius 2 is 1.95 bits per heavy atom. The average Bonchev–Trinajstić information content (AvgIpc) is 2.98. The van der Waals surface area contributed by atoms with E-state index >= 15 is 0 Å². The van der Waals surface area contributed by atoms with Crippen LogP contribution in [0.2, 0.25) is 0 Å². The van der Waals surface area contributed by atoms with Crippen LogP contribution in [0.15, 0.2) is 24.3 Å². The number of benzene rings is 1. The molecule has 19 heavy (non-hydrogen) atoms. The molecule has 0 heterocycles. The molecule has 1 fully saturated rings. The topological polar surface area (TPSA) is 55.6 Å². The molecule has 0 saturated heterocycles. The van der Waals surface area contributed by atoms with Gasteiger partial charge in [-0.15, -0.1) is 0 Å². The Labute approximate surface area is 114 Å². The van der Waals surface area contributed by atoms with Crippen molar-refractivity contribution in [3.8, 4) is 5.75 Å². The number of nitrogens with two attached hydrogens (primary N) is 1. The van der Waals surface area contributed by atoms with Crippen LogP contribution >= 0.6 is 0 Å². The predicted octanol–water partition coefficient (Wildman–Crippen LogP) is 1.93. The lowest BCUT2D eigenvalue weighted by Crippen LogP contribution is -2.41. The fourth-order valence-electron chi connectivity index (χ4n) is 2.68. The van der Waals surface area contributed by atoms with Crippen molar-refractivity contribution >= 4 is 5.91 Å². The van der Waals surface area contributed by atoms with Gasteiger partial charge in [-0.2, -0.15) is 0 Å². The minimum atomic E-state index is 0.0442. The maximum Gasteiger partial charge on any atom is 0.236 e. The van der Waals surface area contributed by atoms with Gasteiger partial charge in [0.2, 0.25) is 5.91 Å². The molecule has 1 aromatic carbocycles. The lowest BCUT2D eigenvalue weighted by molar-refractivity contribution is -0.132. The molecule has 104 valence electrons. The standard InChI is InChI=1S/C15H22N2O2/c1-19-14-8-6-12(7-9-14)11-17(15(18)10-16)13-4-2-3-5-13/h6-9,13H,2-5,10-11,16H2,1H3. The SMILES string of the molecule is COc1ccc(CN(C(=O)CN)C2CCCC2)cc1. The number of ether oxygens (including phenoxy) is 1. The largest absolute Gasteiger partial charge is 0.497 e. The first-order valence-corrected chi connectivity index (χ1v) is 6.87. The Bertz CT molecular complexity index is 411. The first kappa shape index (κ1) is 13.9. The van der Waals surface area contributed by atoms with Crippen LogP contribution in [0, 0.1) is 0 Å². The third kappa shape index (κ3) is 3.47. The summed E-state index contributed by atoms with van der Waals surface area (Å²) in [5, 5.41) is 0. The van der Waals surface area contributed by atoms with E-state index in [1.165, 1.54) is 12.8 Å². The van der Waals surface area contributed by atoms with Gasteiger partial charge in [0.25, 0.3) is 0 Å². The molecular weight excluding hydrogens is 240 g/mol. The summed E-state index contributed by atoms with van der Waals surface area (Å²) >= 11 is 0. The molecule has 1 aliphatic rings. The Hall–Kier alpha value is -1.55. The van der Waals surface area contributed by atoms with Crippen molar-refractivity contribution < 1.29 is 9.53 Å². The lowest BCUT2D eigenvalue weighted by atomic mass is 10.1. The van der Waals surface area contributed by atoms with Gasteiger partial charge in [-0.25, -0.2) is 0 Å². The van der Waals surface area contributed by atoms with Crippen LogP contribution < -0.4 is 10.5 Å². The number of hydrogen-bond donors (Lipinski definition) is 1. The summed E-state index contributed by atoms with van der Waals surface area (Å²) in [6.07, 6.45) is 4.62. The smallest absolute Gasteiger partial charge is 0.236 e. The minimum Gasteiger partial charge on any atom is -0.497 e. The first-order valence-electron chi connectivity index (χ1n) is 6.87. The zero-order valence-corrected chi connectivity index (χ0v) is 11.5. The van der Waals surface area contributed by atoms with Gasteiger partial charge in [-0.3, -0.25) is 4.79 Å². The molecular formula is C15H22N2O2. The summed E-state index contributed by atoms with van der Waals surface area (Å²) in [5.41, 5.74) is 6.65. The van der Waals surface area contributed by atoms with Gasteiger partial charge in [0, 0.05) is 12.6 Å². The Kier molecular flexibility index (Phi) is 4.80. The predicted molar refractivity (Wildman–Crippen MR) is 74.9 cm³/mol. The third-order valence-electron chi connectivity index (χ3n) is 3.77. The zero-order valence-electron chi connectivity index (χ0n) is 11.5. The Balaban J connectivity index is 2.07. The molecule has 0 bridgehead atoms. The number of amides is 1. The van der Waals surface area contributed by atoms with Crippen LogP contribution in [0.4, 0.5) is 0 Å². The molecule has 1 amide bonds. The molecule has 2 rings (SSSR count). The van der Waals surface area contributed by atoms with Gasteiger partial charge in [-0.05, 0) is 30.5 Å². The normalized spacial score (nSPS) is 15.5. The molecule has 1 saturated carbocycles. The van der Waals surface area contributed by atoms with Crippen molar-refractivity contribution in [3.63, 3.8) is 0 Å². The Morgan fingerprint density at radius 3 is 2.47 bits per heavy atom. The van der Waals surface area contributed by atoms with Crippen LogP contribution in [0.1, 0.15) is 31.2 Å². The molecule has 2 N–H and O–H groups in total. The summed E-state index contributed by atoms with van der Waals surface area (Å²) in [7, 11) is 1.65. The van der Waals surface area contributed by atoms with E-state index in [1.807, 2.05) is 29.2 Å². The van der Waals surface area contributed by atoms with E-state index in [-0.39, 0.29) is 12.5 Å². The molecule has 1 aliphatic carbocycles. The van der Waals surface area contributed by atoms with Crippen LogP contribution in [0.25, 0.3) is 0 Å². The second-order valence-corrected chi connectivity index (χ2v) is 5.01. The summed E-state index contributed by atoms with van der Waals surface area (Å²) in [5.74, 6) is 0.879. The highest BCUT2D eigenvalue weighted by atomic mass is 16.5. The third-order valence-corrected chi connectivity index (χ3v) is 3.77. The molecule has 0 aliphatic heterocycles. The number of hydrogen-bond acceptors (Lipinski definition) is 3. The van der Waals surface area contributed by atoms with E-state index in [4.69, 9.17) is 10.5 Å². The van der Waals surface area contributed by atoms with Gasteiger partial charge in [0.15, 0.2) is 0 Å². The maximum atomic E-state index is 12.0. The average molecular weight is 262 g/mol. The number of carbonyl (C=O) groups is 1. The highest BCUT2D eigenvalue weighted by Crippen LogP contribution is 2.25. The van der Waals surface area contributed by atoms with E-state index in [1.54, 1.807) is 7.11 Å². The molecule has 0 unspecified atom stereocenters. The number of rotatable bonds is 5. The van der Waals surface area contributed by atoms with Crippen molar-refractivity contribution in [2.45, 2.75) is 38.3 Å². The van der Waals surface area contributed by atoms with Gasteiger partial charge in [0.05, 0.1) is 13.7 Å². The van der Waals surface area contributed by atoms with Crippen molar-refractivity contribution in [2.24, 2.45) is 5.73 Å². The number of carbonyl (C=O) groups excluding carboxylic acids is 1. The summed E-state index contributed by atoms with van der Waals surface area (Å²) < 4.78 is 5.14. The fraction of sp³-hybridized carbons (Fsp3) is 0.533. The molecule has 0 spiro atoms. The second kappa shape index (κ2) is 6.57. The van der Waals surface area contributed by atoms with Crippen molar-refractivity contribution in [2.75, 3.05) is 13.7 Å². The minimum absolute atomic E-state index is 0.0442. The summed E-state index contributed by atoms with van der Waals surface area (Å²) in [6, 6.07) is 8.22. The first-order chi connectivity index (χ1) is 9.24. The monoisotopic (exact) mass is 262 g/mol. The molecule has 0 atom stereocenters. The lowest BCUT2D eigenvalue weighted by Gasteiger charge is -2.28. The van der Waals surface area contributed by atoms with Crippen molar-refractivity contribution in [1.82, 2.24) is 4.90 Å². The van der Waals surface area contributed by atoms with Gasteiger partial charge in [-0.1, -0.05) is 25.0 Å². The quantitative estimate of drug-likeness (QED) is 0.882. The highest BCUT2D eigenvalue weighted by Gasteiger charge is 2.25. The maximum absolute atomic E-state index is 12.0. The van der Waals surface area contributed by atoms with E-state index in [9.17, 15) is 4.79 Å². The van der Waals surface area contributed by atoms with Crippen molar-refractivity contribution in [1.29, 1.82) is 0 Å². The molecule has 0 aromatic heterocycles. The van der Waals surface area contributed by atoms with E-state index in [0.717, 1.165) is 24.2 Å². The van der Waals surface area contributed by atoms with Gasteiger partial charge < -0.3 is 15.4 Å². The van der Waals surface area contributed by atoms with Crippen LogP contribution in [-0.4, -0.2) is 30.5 Å². The van der Waals surface area contributed by atoms with Crippen molar-refractivity contribution in [3.05, 3.63) is 29.8 Å². The van der Waals surface area contributed by atoms with E-state index < -0.39 is 0 Å². The van der Waals surface area contributed by atoms with Gasteiger partial charge >= 0.3 is 0 Å². The summed E-state index contributed by atoms with van der Waals surface area (Å²) in [4.78, 5) is 13.9. The second-order valence-electron chi connectivity index (χ2n) is 5.01. The zero-order chi connectivity index (χ0) is 13.7. The molecule has 1 aromatic rings.